The van der Waals surface area contributed by atoms with E-state index in [9.17, 15) is 18.0 Å². The standard InChI is InChI=1S/C30H34N2O9S2/c1-18(2)39-22-14-20(29(34)37-3)15-23(16-22)40-26-17-31-30(42-26)32-28(33)27(41-21-10-12-38-13-11-21)19-4-6-24(7-5-19)43(35,36)25-8-9-25/h4-7,14-18,21,25,27H,8-13H2,1-3H3,(H,31,32,33). The van der Waals surface area contributed by atoms with Crippen molar-refractivity contribution in [3.05, 3.63) is 59.8 Å². The highest BCUT2D eigenvalue weighted by Crippen LogP contribution is 2.36. The number of amides is 1. The molecule has 1 amide bonds. The highest BCUT2D eigenvalue weighted by Gasteiger charge is 2.37. The van der Waals surface area contributed by atoms with E-state index in [1.54, 1.807) is 24.3 Å². The molecule has 11 nitrogen and oxygen atoms in total. The van der Waals surface area contributed by atoms with E-state index in [0.717, 1.165) is 11.3 Å². The molecule has 1 aliphatic heterocycles. The Kier molecular flexibility index (Phi) is 9.65. The number of aromatic nitrogens is 1. The smallest absolute Gasteiger partial charge is 0.338 e. The maximum Gasteiger partial charge on any atom is 0.338 e. The van der Waals surface area contributed by atoms with E-state index in [-0.39, 0.29) is 33.0 Å². The Morgan fingerprint density at radius 2 is 1.72 bits per heavy atom. The lowest BCUT2D eigenvalue weighted by atomic mass is 10.1. The molecule has 0 radical (unpaired) electrons. The predicted molar refractivity (Wildman–Crippen MR) is 159 cm³/mol. The third-order valence-electron chi connectivity index (χ3n) is 6.82. The van der Waals surface area contributed by atoms with Gasteiger partial charge in [0, 0.05) is 19.3 Å². The molecule has 2 aromatic carbocycles. The number of nitrogens with zero attached hydrogens (tertiary/aromatic N) is 1. The van der Waals surface area contributed by atoms with Gasteiger partial charge in [0.15, 0.2) is 21.1 Å². The van der Waals surface area contributed by atoms with Gasteiger partial charge >= 0.3 is 5.97 Å². The van der Waals surface area contributed by atoms with E-state index < -0.39 is 27.8 Å². The van der Waals surface area contributed by atoms with Gasteiger partial charge in [-0.25, -0.2) is 18.2 Å². The van der Waals surface area contributed by atoms with Crippen LogP contribution in [0.2, 0.25) is 0 Å². The summed E-state index contributed by atoms with van der Waals surface area (Å²) in [6, 6.07) is 11.1. The zero-order valence-corrected chi connectivity index (χ0v) is 25.7. The van der Waals surface area contributed by atoms with Gasteiger partial charge in [-0.15, -0.1) is 0 Å². The number of benzene rings is 2. The lowest BCUT2D eigenvalue weighted by Crippen LogP contribution is -2.31. The number of ether oxygens (including phenoxy) is 5. The summed E-state index contributed by atoms with van der Waals surface area (Å²) < 4.78 is 53.5. The molecular formula is C30H34N2O9S2. The summed E-state index contributed by atoms with van der Waals surface area (Å²) in [5.74, 6) is -0.215. The number of esters is 1. The molecule has 0 spiro atoms. The van der Waals surface area contributed by atoms with Gasteiger partial charge in [0.05, 0.1) is 41.2 Å². The van der Waals surface area contributed by atoms with Crippen molar-refractivity contribution in [2.24, 2.45) is 0 Å². The van der Waals surface area contributed by atoms with Gasteiger partial charge in [0.2, 0.25) is 5.06 Å². The molecule has 43 heavy (non-hydrogen) atoms. The zero-order valence-electron chi connectivity index (χ0n) is 24.1. The molecule has 1 aliphatic carbocycles. The molecule has 230 valence electrons. The first-order chi connectivity index (χ1) is 20.6. The molecule has 0 bridgehead atoms. The van der Waals surface area contributed by atoms with Gasteiger partial charge in [-0.05, 0) is 69.4 Å². The van der Waals surface area contributed by atoms with Crippen molar-refractivity contribution in [2.45, 2.75) is 68.0 Å². The first-order valence-electron chi connectivity index (χ1n) is 14.0. The fourth-order valence-corrected chi connectivity index (χ4v) is 6.91. The van der Waals surface area contributed by atoms with E-state index in [0.29, 0.717) is 61.0 Å². The van der Waals surface area contributed by atoms with Crippen molar-refractivity contribution in [2.75, 3.05) is 25.6 Å². The van der Waals surface area contributed by atoms with Gasteiger partial charge in [-0.1, -0.05) is 23.5 Å². The van der Waals surface area contributed by atoms with Crippen LogP contribution in [0.25, 0.3) is 0 Å². The van der Waals surface area contributed by atoms with Crippen molar-refractivity contribution in [1.29, 1.82) is 0 Å². The lowest BCUT2D eigenvalue weighted by Gasteiger charge is -2.27. The second kappa shape index (κ2) is 13.4. The topological polar surface area (TPSA) is 139 Å². The Balaban J connectivity index is 1.32. The quantitative estimate of drug-likeness (QED) is 0.262. The third kappa shape index (κ3) is 7.91. The molecule has 1 atom stereocenters. The van der Waals surface area contributed by atoms with E-state index in [2.05, 4.69) is 10.3 Å². The van der Waals surface area contributed by atoms with Gasteiger partial charge in [-0.2, -0.15) is 0 Å². The Morgan fingerprint density at radius 3 is 2.37 bits per heavy atom. The summed E-state index contributed by atoms with van der Waals surface area (Å²) in [6.45, 7) is 4.80. The number of nitrogens with one attached hydrogen (secondary N) is 1. The number of carbonyl (C=O) groups is 2. The van der Waals surface area contributed by atoms with Crippen LogP contribution in [0, 0.1) is 0 Å². The highest BCUT2D eigenvalue weighted by atomic mass is 32.2. The number of hydrogen-bond donors (Lipinski definition) is 1. The van der Waals surface area contributed by atoms with Gasteiger partial charge in [-0.3, -0.25) is 10.1 Å². The second-order valence-electron chi connectivity index (χ2n) is 10.6. The van der Waals surface area contributed by atoms with Gasteiger partial charge < -0.3 is 23.7 Å². The number of methoxy groups -OCH3 is 1. The normalized spacial score (nSPS) is 16.5. The van der Waals surface area contributed by atoms with E-state index >= 15 is 0 Å². The monoisotopic (exact) mass is 630 g/mol. The van der Waals surface area contributed by atoms with Crippen molar-refractivity contribution in [3.63, 3.8) is 0 Å². The first-order valence-corrected chi connectivity index (χ1v) is 16.4. The van der Waals surface area contributed by atoms with E-state index in [1.165, 1.54) is 31.5 Å². The second-order valence-corrected chi connectivity index (χ2v) is 13.8. The van der Waals surface area contributed by atoms with Crippen molar-refractivity contribution >= 4 is 38.2 Å². The van der Waals surface area contributed by atoms with Crippen LogP contribution >= 0.6 is 11.3 Å². The summed E-state index contributed by atoms with van der Waals surface area (Å²) in [5, 5.41) is 3.12. The third-order valence-corrected chi connectivity index (χ3v) is 9.88. The molecule has 2 heterocycles. The average Bonchev–Trinajstić information content (AvgIpc) is 3.77. The molecule has 1 unspecified atom stereocenters. The van der Waals surface area contributed by atoms with Crippen LogP contribution in [0.3, 0.4) is 0 Å². The first kappa shape index (κ1) is 30.9. The fourth-order valence-electron chi connectivity index (χ4n) is 4.56. The minimum atomic E-state index is -3.36. The molecule has 1 N–H and O–H groups in total. The lowest BCUT2D eigenvalue weighted by molar-refractivity contribution is -0.136. The Morgan fingerprint density at radius 1 is 1.02 bits per heavy atom. The van der Waals surface area contributed by atoms with Gasteiger partial charge in [0.1, 0.15) is 11.5 Å². The maximum atomic E-state index is 13.5. The molecular weight excluding hydrogens is 596 g/mol. The minimum absolute atomic E-state index is 0.124. The summed E-state index contributed by atoms with van der Waals surface area (Å²) >= 11 is 1.09. The molecule has 2 fully saturated rings. The van der Waals surface area contributed by atoms with Crippen LogP contribution < -0.4 is 14.8 Å². The highest BCUT2D eigenvalue weighted by molar-refractivity contribution is 7.92. The van der Waals surface area contributed by atoms with Crippen molar-refractivity contribution in [1.82, 2.24) is 4.98 Å². The average molecular weight is 631 g/mol. The maximum absolute atomic E-state index is 13.5. The predicted octanol–water partition coefficient (Wildman–Crippen LogP) is 5.32. The summed E-state index contributed by atoms with van der Waals surface area (Å²) in [4.78, 5) is 30.2. The summed E-state index contributed by atoms with van der Waals surface area (Å²) in [7, 11) is -2.07. The van der Waals surface area contributed by atoms with Crippen molar-refractivity contribution in [3.8, 4) is 16.6 Å². The molecule has 1 saturated carbocycles. The largest absolute Gasteiger partial charge is 0.491 e. The molecule has 3 aromatic rings. The number of rotatable bonds is 12. The summed E-state index contributed by atoms with van der Waals surface area (Å²) in [5.41, 5.74) is 0.793. The Labute approximate surface area is 254 Å². The van der Waals surface area contributed by atoms with Crippen LogP contribution in [0.15, 0.2) is 53.6 Å². The Hall–Kier alpha value is -3.52. The summed E-state index contributed by atoms with van der Waals surface area (Å²) in [6.07, 6.45) is 2.76. The number of sulfone groups is 1. The van der Waals surface area contributed by atoms with Crippen LogP contribution in [0.1, 0.15) is 61.6 Å². The molecule has 2 aliphatic rings. The number of carbonyl (C=O) groups excluding carboxylic acids is 2. The van der Waals surface area contributed by atoms with Crippen molar-refractivity contribution < 1.29 is 41.7 Å². The molecule has 1 saturated heterocycles. The van der Waals surface area contributed by atoms with Crippen LogP contribution in [-0.4, -0.2) is 63.1 Å². The number of hydrogen-bond acceptors (Lipinski definition) is 11. The van der Waals surface area contributed by atoms with Gasteiger partial charge in [0.25, 0.3) is 5.91 Å². The molecule has 13 heteroatoms. The SMILES string of the molecule is COC(=O)c1cc(Oc2cnc(NC(=O)C(OC3CCOCC3)c3ccc(S(=O)(=O)C4CC4)cc3)s2)cc(OC(C)C)c1. The Bertz CT molecular complexity index is 1540. The zero-order chi connectivity index (χ0) is 30.6. The molecule has 1 aromatic heterocycles. The van der Waals surface area contributed by atoms with E-state index in [4.69, 9.17) is 23.7 Å². The number of thiazole rings is 1. The number of anilines is 1. The molecule has 5 rings (SSSR count). The fraction of sp³-hybridized carbons (Fsp3) is 0.433. The van der Waals surface area contributed by atoms with Crippen LogP contribution in [0.5, 0.6) is 16.6 Å². The minimum Gasteiger partial charge on any atom is -0.491 e. The van der Waals surface area contributed by atoms with Crippen LogP contribution in [0.4, 0.5) is 5.13 Å². The van der Waals surface area contributed by atoms with E-state index in [1.807, 2.05) is 13.8 Å². The van der Waals surface area contributed by atoms with Crippen LogP contribution in [-0.2, 0) is 28.8 Å².